The van der Waals surface area contributed by atoms with Crippen LogP contribution in [-0.4, -0.2) is 54.8 Å². The molecule has 0 amide bonds. The van der Waals surface area contributed by atoms with E-state index in [0.29, 0.717) is 5.95 Å². The molecule has 5 N–H and O–H groups in total. The summed E-state index contributed by atoms with van der Waals surface area (Å²) >= 11 is 0. The van der Waals surface area contributed by atoms with E-state index in [1.807, 2.05) is 24.3 Å². The number of nitrogen functional groups attached to an aromatic ring is 1. The third-order valence-corrected chi connectivity index (χ3v) is 4.62. The number of nitrogens with one attached hydrogen (secondary N) is 3. The van der Waals surface area contributed by atoms with Crippen molar-refractivity contribution in [3.8, 4) is 5.75 Å². The molecule has 0 unspecified atom stereocenters. The Morgan fingerprint density at radius 3 is 2.36 bits per heavy atom. The van der Waals surface area contributed by atoms with Crippen LogP contribution < -0.4 is 25.6 Å². The van der Waals surface area contributed by atoms with E-state index >= 15 is 0 Å². The molecule has 0 saturated carbocycles. The van der Waals surface area contributed by atoms with Gasteiger partial charge in [0.25, 0.3) is 0 Å². The van der Waals surface area contributed by atoms with Crippen LogP contribution in [0.4, 0.5) is 17.6 Å². The van der Waals surface area contributed by atoms with Gasteiger partial charge < -0.3 is 25.6 Å². The summed E-state index contributed by atoms with van der Waals surface area (Å²) in [6.07, 6.45) is 0. The maximum Gasteiger partial charge on any atom is 0.232 e. The summed E-state index contributed by atoms with van der Waals surface area (Å²) < 4.78 is 5.16. The summed E-state index contributed by atoms with van der Waals surface area (Å²) in [7, 11) is 1.64. The van der Waals surface area contributed by atoms with E-state index in [0.717, 1.165) is 36.9 Å². The highest BCUT2D eigenvalue weighted by Gasteiger charge is 2.23. The van der Waals surface area contributed by atoms with Gasteiger partial charge in [-0.25, -0.2) is 0 Å². The van der Waals surface area contributed by atoms with Crippen molar-refractivity contribution in [2.24, 2.45) is 0 Å². The van der Waals surface area contributed by atoms with Gasteiger partial charge in [-0.1, -0.05) is 0 Å². The van der Waals surface area contributed by atoms with Crippen molar-refractivity contribution in [2.75, 3.05) is 50.9 Å². The van der Waals surface area contributed by atoms with E-state index in [9.17, 15) is 0 Å². The van der Waals surface area contributed by atoms with Crippen LogP contribution in [0.25, 0.3) is 0 Å². The maximum atomic E-state index is 5.87. The van der Waals surface area contributed by atoms with E-state index in [1.54, 1.807) is 12.0 Å². The number of hydrogen-bond donors (Lipinski definition) is 4. The zero-order chi connectivity index (χ0) is 17.6. The Balaban J connectivity index is 1.65. The second-order valence-electron chi connectivity index (χ2n) is 6.32. The Morgan fingerprint density at radius 1 is 1.04 bits per heavy atom. The monoisotopic (exact) mass is 345 g/mol. The van der Waals surface area contributed by atoms with Gasteiger partial charge in [0.05, 0.1) is 13.7 Å². The normalized spacial score (nSPS) is 20.2. The fourth-order valence-corrected chi connectivity index (χ4v) is 3.09. The highest BCUT2D eigenvalue weighted by molar-refractivity contribution is 5.55. The number of piperazine rings is 1. The van der Waals surface area contributed by atoms with E-state index in [1.165, 1.54) is 24.5 Å². The van der Waals surface area contributed by atoms with Gasteiger partial charge in [0.2, 0.25) is 11.9 Å². The van der Waals surface area contributed by atoms with E-state index < -0.39 is 0 Å². The van der Waals surface area contributed by atoms with Gasteiger partial charge in [0, 0.05) is 5.69 Å². The molecule has 134 valence electrons. The van der Waals surface area contributed by atoms with Crippen molar-refractivity contribution in [1.82, 2.24) is 15.0 Å². The second-order valence-corrected chi connectivity index (χ2v) is 6.32. The molecule has 1 fully saturated rings. The first-order valence-electron chi connectivity index (χ1n) is 8.75. The van der Waals surface area contributed by atoms with Crippen LogP contribution in [0.15, 0.2) is 24.3 Å². The standard InChI is InChI=1S/C17H25N7O/c1-3-23-8-10-24(11-9-23)12-15-20-16(18)22-17(21-15)19-13-4-6-14(25-2)7-5-13/h4-7H,3,8-12H2,1-2H3,(H3,18,19,20,21,22)/p+2. The molecule has 3 rings (SSSR count). The zero-order valence-corrected chi connectivity index (χ0v) is 14.9. The van der Waals surface area contributed by atoms with Gasteiger partial charge in [-0.2, -0.15) is 15.0 Å². The molecule has 1 aromatic carbocycles. The molecule has 0 radical (unpaired) electrons. The summed E-state index contributed by atoms with van der Waals surface area (Å²) in [5.41, 5.74) is 6.75. The van der Waals surface area contributed by atoms with Gasteiger partial charge in [0.15, 0.2) is 5.82 Å². The summed E-state index contributed by atoms with van der Waals surface area (Å²) in [5, 5.41) is 3.18. The fourth-order valence-electron chi connectivity index (χ4n) is 3.09. The van der Waals surface area contributed by atoms with Crippen molar-refractivity contribution in [1.29, 1.82) is 0 Å². The van der Waals surface area contributed by atoms with Gasteiger partial charge in [-0.05, 0) is 31.2 Å². The van der Waals surface area contributed by atoms with Crippen molar-refractivity contribution < 1.29 is 14.5 Å². The number of hydrogen-bond acceptors (Lipinski definition) is 6. The zero-order valence-electron chi connectivity index (χ0n) is 14.9. The van der Waals surface area contributed by atoms with Crippen LogP contribution in [0.5, 0.6) is 5.75 Å². The lowest BCUT2D eigenvalue weighted by Gasteiger charge is -2.28. The smallest absolute Gasteiger partial charge is 0.232 e. The molecular formula is C17H27N7O+2. The molecule has 0 bridgehead atoms. The molecule has 0 aliphatic carbocycles. The predicted octanol–water partition coefficient (Wildman–Crippen LogP) is -1.49. The average molecular weight is 345 g/mol. The third kappa shape index (κ3) is 4.77. The van der Waals surface area contributed by atoms with Crippen LogP contribution in [0.3, 0.4) is 0 Å². The Morgan fingerprint density at radius 2 is 1.72 bits per heavy atom. The van der Waals surface area contributed by atoms with E-state index in [4.69, 9.17) is 10.5 Å². The fraction of sp³-hybridized carbons (Fsp3) is 0.471. The highest BCUT2D eigenvalue weighted by Crippen LogP contribution is 2.18. The summed E-state index contributed by atoms with van der Waals surface area (Å²) in [5.74, 6) is 2.26. The Bertz CT molecular complexity index is 684. The van der Waals surface area contributed by atoms with Crippen molar-refractivity contribution in [2.45, 2.75) is 13.5 Å². The minimum absolute atomic E-state index is 0.248. The molecule has 1 aliphatic rings. The van der Waals surface area contributed by atoms with Gasteiger partial charge in [-0.3, -0.25) is 0 Å². The predicted molar refractivity (Wildman–Crippen MR) is 96.2 cm³/mol. The number of quaternary nitrogens is 2. The molecule has 0 spiro atoms. The quantitative estimate of drug-likeness (QED) is 0.510. The summed E-state index contributed by atoms with van der Waals surface area (Å²) in [6, 6.07) is 7.59. The van der Waals surface area contributed by atoms with Gasteiger partial charge in [0.1, 0.15) is 38.5 Å². The average Bonchev–Trinajstić information content (AvgIpc) is 2.62. The van der Waals surface area contributed by atoms with Crippen LogP contribution in [0.2, 0.25) is 0 Å². The molecule has 0 atom stereocenters. The van der Waals surface area contributed by atoms with E-state index in [2.05, 4.69) is 27.2 Å². The maximum absolute atomic E-state index is 5.87. The Labute approximate surface area is 148 Å². The number of nitrogens with zero attached hydrogens (tertiary/aromatic N) is 3. The van der Waals surface area contributed by atoms with E-state index in [-0.39, 0.29) is 5.95 Å². The Kier molecular flexibility index (Phi) is 5.62. The van der Waals surface area contributed by atoms with Crippen LogP contribution in [0.1, 0.15) is 12.7 Å². The minimum atomic E-state index is 0.248. The molecule has 2 heterocycles. The number of ether oxygens (including phenoxy) is 1. The van der Waals surface area contributed by atoms with Gasteiger partial charge in [-0.15, -0.1) is 0 Å². The highest BCUT2D eigenvalue weighted by atomic mass is 16.5. The number of nitrogens with two attached hydrogens (primary N) is 1. The topological polar surface area (TPSA) is 94.8 Å². The third-order valence-electron chi connectivity index (χ3n) is 4.62. The number of rotatable bonds is 6. The largest absolute Gasteiger partial charge is 0.497 e. The first-order chi connectivity index (χ1) is 12.2. The molecule has 8 nitrogen and oxygen atoms in total. The molecule has 25 heavy (non-hydrogen) atoms. The molecule has 1 aliphatic heterocycles. The van der Waals surface area contributed by atoms with Crippen LogP contribution in [0, 0.1) is 0 Å². The molecule has 8 heteroatoms. The first-order valence-corrected chi connectivity index (χ1v) is 8.75. The molecular weight excluding hydrogens is 318 g/mol. The van der Waals surface area contributed by atoms with Crippen molar-refractivity contribution in [3.63, 3.8) is 0 Å². The second kappa shape index (κ2) is 8.09. The lowest BCUT2D eigenvalue weighted by molar-refractivity contribution is -1.02. The number of likely N-dealkylation sites (N-methyl/N-ethyl adjacent to an activating group) is 1. The lowest BCUT2D eigenvalue weighted by Crippen LogP contribution is -3.27. The number of methoxy groups -OCH3 is 1. The van der Waals surface area contributed by atoms with Crippen LogP contribution >= 0.6 is 0 Å². The van der Waals surface area contributed by atoms with Crippen molar-refractivity contribution >= 4 is 17.6 Å². The number of aromatic nitrogens is 3. The van der Waals surface area contributed by atoms with Crippen LogP contribution in [-0.2, 0) is 6.54 Å². The Hall–Kier alpha value is -2.45. The molecule has 1 saturated heterocycles. The van der Waals surface area contributed by atoms with Gasteiger partial charge >= 0.3 is 0 Å². The summed E-state index contributed by atoms with van der Waals surface area (Å²) in [6.45, 7) is 8.88. The number of anilines is 3. The SMILES string of the molecule is CC[NH+]1CC[NH+](Cc2nc(N)nc(Nc3ccc(OC)cc3)n2)CC1. The minimum Gasteiger partial charge on any atom is -0.497 e. The van der Waals surface area contributed by atoms with Crippen molar-refractivity contribution in [3.05, 3.63) is 30.1 Å². The molecule has 1 aromatic heterocycles. The lowest BCUT2D eigenvalue weighted by atomic mass is 10.3. The first kappa shape index (κ1) is 17.4. The molecule has 2 aromatic rings. The summed E-state index contributed by atoms with van der Waals surface area (Å²) in [4.78, 5) is 16.2. The number of benzene rings is 1.